The second kappa shape index (κ2) is 5.17. The third-order valence-corrected chi connectivity index (χ3v) is 4.47. The first kappa shape index (κ1) is 13.6. The Labute approximate surface area is 122 Å². The number of nitrogens with zero attached hydrogens (tertiary/aromatic N) is 2. The zero-order valence-electron chi connectivity index (χ0n) is 11.4. The number of anilines is 1. The Hall–Kier alpha value is -2.41. The smallest absolute Gasteiger partial charge is 0.232 e. The molecule has 1 aromatic carbocycles. The van der Waals surface area contributed by atoms with Gasteiger partial charge in [-0.3, -0.25) is 4.72 Å². The van der Waals surface area contributed by atoms with Crippen LogP contribution in [0.5, 0.6) is 0 Å². The van der Waals surface area contributed by atoms with Crippen LogP contribution in [0.1, 0.15) is 6.92 Å². The van der Waals surface area contributed by atoms with Crippen molar-refractivity contribution >= 4 is 26.7 Å². The van der Waals surface area contributed by atoms with Gasteiger partial charge in [0.2, 0.25) is 10.0 Å². The maximum atomic E-state index is 11.5. The van der Waals surface area contributed by atoms with Gasteiger partial charge in [0.25, 0.3) is 0 Å². The molecular formula is C14H14N4O2S. The summed E-state index contributed by atoms with van der Waals surface area (Å²) in [5.41, 5.74) is 3.03. The molecule has 0 radical (unpaired) electrons. The Kier molecular flexibility index (Phi) is 3.34. The summed E-state index contributed by atoms with van der Waals surface area (Å²) in [5, 5.41) is 0.930. The van der Waals surface area contributed by atoms with E-state index in [0.29, 0.717) is 5.69 Å². The Balaban J connectivity index is 1.96. The van der Waals surface area contributed by atoms with Gasteiger partial charge < -0.3 is 4.98 Å². The fourth-order valence-electron chi connectivity index (χ4n) is 2.05. The second-order valence-electron chi connectivity index (χ2n) is 4.55. The van der Waals surface area contributed by atoms with E-state index in [1.165, 1.54) is 6.33 Å². The number of H-pyrrole nitrogens is 1. The molecule has 2 heterocycles. The quantitative estimate of drug-likeness (QED) is 0.774. The molecule has 0 bridgehead atoms. The van der Waals surface area contributed by atoms with Crippen molar-refractivity contribution in [1.82, 2.24) is 15.0 Å². The van der Waals surface area contributed by atoms with Gasteiger partial charge in [-0.2, -0.15) is 0 Å². The molecule has 6 nitrogen and oxygen atoms in total. The number of aromatic nitrogens is 3. The Morgan fingerprint density at radius 1 is 1.14 bits per heavy atom. The molecule has 0 saturated carbocycles. The zero-order chi connectivity index (χ0) is 14.9. The van der Waals surface area contributed by atoms with Crippen molar-refractivity contribution in [2.24, 2.45) is 0 Å². The summed E-state index contributed by atoms with van der Waals surface area (Å²) in [4.78, 5) is 11.5. The molecule has 0 atom stereocenters. The lowest BCUT2D eigenvalue weighted by molar-refractivity contribution is 0.602. The summed E-state index contributed by atoms with van der Waals surface area (Å²) in [7, 11) is -3.26. The van der Waals surface area contributed by atoms with Gasteiger partial charge in [0.05, 0.1) is 11.4 Å². The minimum atomic E-state index is -3.26. The van der Waals surface area contributed by atoms with Crippen molar-refractivity contribution in [3.05, 3.63) is 42.9 Å². The van der Waals surface area contributed by atoms with E-state index in [1.807, 2.05) is 24.4 Å². The van der Waals surface area contributed by atoms with Crippen LogP contribution in [0.3, 0.4) is 0 Å². The predicted molar refractivity (Wildman–Crippen MR) is 82.4 cm³/mol. The number of benzene rings is 1. The van der Waals surface area contributed by atoms with E-state index >= 15 is 0 Å². The van der Waals surface area contributed by atoms with E-state index in [1.54, 1.807) is 19.1 Å². The van der Waals surface area contributed by atoms with Crippen molar-refractivity contribution in [3.8, 4) is 11.3 Å². The van der Waals surface area contributed by atoms with E-state index in [2.05, 4.69) is 19.7 Å². The largest absolute Gasteiger partial charge is 0.346 e. The minimum absolute atomic E-state index is 0.0463. The molecule has 0 fully saturated rings. The highest BCUT2D eigenvalue weighted by atomic mass is 32.2. The number of rotatable bonds is 4. The van der Waals surface area contributed by atoms with Gasteiger partial charge in [-0.15, -0.1) is 0 Å². The van der Waals surface area contributed by atoms with E-state index in [0.717, 1.165) is 22.3 Å². The van der Waals surface area contributed by atoms with Crippen LogP contribution in [0, 0.1) is 0 Å². The zero-order valence-corrected chi connectivity index (χ0v) is 12.2. The van der Waals surface area contributed by atoms with Crippen LogP contribution in [-0.4, -0.2) is 29.1 Å². The van der Waals surface area contributed by atoms with Gasteiger partial charge in [-0.05, 0) is 25.1 Å². The molecular weight excluding hydrogens is 288 g/mol. The SMILES string of the molecule is CCS(=O)(=O)Nc1ccc(-c2ncnc3[nH]ccc23)cc1. The van der Waals surface area contributed by atoms with Crippen molar-refractivity contribution in [2.45, 2.75) is 6.92 Å². The summed E-state index contributed by atoms with van der Waals surface area (Å²) in [6, 6.07) is 9.04. The number of fused-ring (bicyclic) bond motifs is 1. The average molecular weight is 302 g/mol. The standard InChI is InChI=1S/C14H14N4O2S/c1-2-21(19,20)18-11-5-3-10(4-6-11)13-12-7-8-15-14(12)17-9-16-13/h3-9,18H,2H2,1H3,(H,15,16,17). The molecule has 3 rings (SSSR count). The highest BCUT2D eigenvalue weighted by Gasteiger charge is 2.09. The number of hydrogen-bond donors (Lipinski definition) is 2. The van der Waals surface area contributed by atoms with Gasteiger partial charge in [0.15, 0.2) is 0 Å². The third-order valence-electron chi connectivity index (χ3n) is 3.17. The van der Waals surface area contributed by atoms with E-state index in [9.17, 15) is 8.42 Å². The monoisotopic (exact) mass is 302 g/mol. The van der Waals surface area contributed by atoms with Crippen LogP contribution in [-0.2, 0) is 10.0 Å². The van der Waals surface area contributed by atoms with Gasteiger partial charge in [-0.1, -0.05) is 12.1 Å². The van der Waals surface area contributed by atoms with Gasteiger partial charge >= 0.3 is 0 Å². The molecule has 0 aliphatic heterocycles. The Morgan fingerprint density at radius 2 is 1.90 bits per heavy atom. The predicted octanol–water partition coefficient (Wildman–Crippen LogP) is 2.39. The molecule has 0 amide bonds. The minimum Gasteiger partial charge on any atom is -0.346 e. The van der Waals surface area contributed by atoms with Crippen molar-refractivity contribution in [3.63, 3.8) is 0 Å². The molecule has 0 aliphatic rings. The van der Waals surface area contributed by atoms with Gasteiger partial charge in [0, 0.05) is 22.8 Å². The molecule has 0 saturated heterocycles. The van der Waals surface area contributed by atoms with Crippen LogP contribution in [0.25, 0.3) is 22.3 Å². The molecule has 2 aromatic heterocycles. The third kappa shape index (κ3) is 2.73. The molecule has 2 N–H and O–H groups in total. The molecule has 108 valence electrons. The summed E-state index contributed by atoms with van der Waals surface area (Å²) in [6.45, 7) is 1.60. The molecule has 7 heteroatoms. The van der Waals surface area contributed by atoms with Crippen LogP contribution in [0.15, 0.2) is 42.9 Å². The van der Waals surface area contributed by atoms with Gasteiger partial charge in [-0.25, -0.2) is 18.4 Å². The lowest BCUT2D eigenvalue weighted by Crippen LogP contribution is -2.14. The first-order valence-corrected chi connectivity index (χ1v) is 8.13. The second-order valence-corrected chi connectivity index (χ2v) is 6.56. The van der Waals surface area contributed by atoms with Crippen LogP contribution in [0.2, 0.25) is 0 Å². The molecule has 3 aromatic rings. The van der Waals surface area contributed by atoms with Crippen LogP contribution >= 0.6 is 0 Å². The topological polar surface area (TPSA) is 87.7 Å². The molecule has 21 heavy (non-hydrogen) atoms. The maximum Gasteiger partial charge on any atom is 0.232 e. The van der Waals surface area contributed by atoms with Crippen molar-refractivity contribution in [1.29, 1.82) is 0 Å². The lowest BCUT2D eigenvalue weighted by Gasteiger charge is -2.07. The fraction of sp³-hybridized carbons (Fsp3) is 0.143. The van der Waals surface area contributed by atoms with Crippen molar-refractivity contribution < 1.29 is 8.42 Å². The Morgan fingerprint density at radius 3 is 2.62 bits per heavy atom. The summed E-state index contributed by atoms with van der Waals surface area (Å²) < 4.78 is 25.6. The molecule has 0 aliphatic carbocycles. The first-order chi connectivity index (χ1) is 10.1. The Bertz CT molecular complexity index is 869. The van der Waals surface area contributed by atoms with E-state index in [4.69, 9.17) is 0 Å². The summed E-state index contributed by atoms with van der Waals surface area (Å²) in [5.74, 6) is 0.0463. The first-order valence-electron chi connectivity index (χ1n) is 6.48. The number of sulfonamides is 1. The average Bonchev–Trinajstić information content (AvgIpc) is 2.96. The normalized spacial score (nSPS) is 11.7. The highest BCUT2D eigenvalue weighted by molar-refractivity contribution is 7.92. The van der Waals surface area contributed by atoms with E-state index in [-0.39, 0.29) is 5.75 Å². The highest BCUT2D eigenvalue weighted by Crippen LogP contribution is 2.25. The summed E-state index contributed by atoms with van der Waals surface area (Å²) in [6.07, 6.45) is 3.31. The molecule has 0 unspecified atom stereocenters. The lowest BCUT2D eigenvalue weighted by atomic mass is 10.1. The molecule has 0 spiro atoms. The van der Waals surface area contributed by atoms with Crippen LogP contribution < -0.4 is 4.72 Å². The maximum absolute atomic E-state index is 11.5. The number of aromatic amines is 1. The van der Waals surface area contributed by atoms with E-state index < -0.39 is 10.0 Å². The fourth-order valence-corrected chi connectivity index (χ4v) is 2.69. The summed E-state index contributed by atoms with van der Waals surface area (Å²) >= 11 is 0. The number of hydrogen-bond acceptors (Lipinski definition) is 4. The van der Waals surface area contributed by atoms with Crippen LogP contribution in [0.4, 0.5) is 5.69 Å². The van der Waals surface area contributed by atoms with Gasteiger partial charge in [0.1, 0.15) is 12.0 Å². The van der Waals surface area contributed by atoms with Crippen molar-refractivity contribution in [2.75, 3.05) is 10.5 Å². The number of nitrogens with one attached hydrogen (secondary N) is 2.